The molecular weight excluding hydrogens is 300 g/mol. The predicted molar refractivity (Wildman–Crippen MR) is 88.2 cm³/mol. The van der Waals surface area contributed by atoms with E-state index in [0.29, 0.717) is 10.5 Å². The minimum Gasteiger partial charge on any atom is -0.459 e. The molecule has 0 N–H and O–H groups in total. The van der Waals surface area contributed by atoms with E-state index in [9.17, 15) is 9.59 Å². The minimum absolute atomic E-state index is 0.150. The normalized spacial score (nSPS) is 11.9. The summed E-state index contributed by atoms with van der Waals surface area (Å²) in [5.41, 5.74) is -0.603. The molecule has 0 amide bonds. The molecule has 1 aromatic carbocycles. The molecule has 0 saturated heterocycles. The summed E-state index contributed by atoms with van der Waals surface area (Å²) in [5.74, 6) is -0.548. The molecule has 122 valence electrons. The summed E-state index contributed by atoms with van der Waals surface area (Å²) in [4.78, 5) is 24.7. The highest BCUT2D eigenvalue weighted by molar-refractivity contribution is 8.00. The zero-order valence-electron chi connectivity index (χ0n) is 14.1. The summed E-state index contributed by atoms with van der Waals surface area (Å²) in [6.07, 6.45) is 0. The monoisotopic (exact) mass is 324 g/mol. The van der Waals surface area contributed by atoms with E-state index < -0.39 is 11.2 Å². The Labute approximate surface area is 136 Å². The fraction of sp³-hybridized carbons (Fsp3) is 0.529. The van der Waals surface area contributed by atoms with Crippen molar-refractivity contribution in [3.63, 3.8) is 0 Å². The van der Waals surface area contributed by atoms with Gasteiger partial charge in [-0.25, -0.2) is 4.79 Å². The zero-order chi connectivity index (χ0) is 17.0. The fourth-order valence-corrected chi connectivity index (χ4v) is 2.42. The van der Waals surface area contributed by atoms with E-state index in [4.69, 9.17) is 9.47 Å². The van der Waals surface area contributed by atoms with Gasteiger partial charge in [-0.2, -0.15) is 0 Å². The molecule has 0 unspecified atom stereocenters. The van der Waals surface area contributed by atoms with Crippen molar-refractivity contribution in [2.24, 2.45) is 0 Å². The number of rotatable bonds is 4. The van der Waals surface area contributed by atoms with Crippen LogP contribution in [0.3, 0.4) is 0 Å². The second-order valence-corrected chi connectivity index (χ2v) is 7.89. The van der Waals surface area contributed by atoms with Crippen LogP contribution in [0.1, 0.15) is 51.9 Å². The van der Waals surface area contributed by atoms with Gasteiger partial charge in [0.2, 0.25) is 0 Å². The third kappa shape index (κ3) is 6.98. The summed E-state index contributed by atoms with van der Waals surface area (Å²) in [6.45, 7) is 10.9. The van der Waals surface area contributed by atoms with Gasteiger partial charge in [0.15, 0.2) is 0 Å². The van der Waals surface area contributed by atoms with Crippen LogP contribution in [0.5, 0.6) is 0 Å². The Kier molecular flexibility index (Phi) is 6.06. The highest BCUT2D eigenvalue weighted by Crippen LogP contribution is 2.25. The molecule has 0 aliphatic heterocycles. The van der Waals surface area contributed by atoms with Crippen molar-refractivity contribution in [3.8, 4) is 0 Å². The SMILES string of the molecule is CC(C)(C)OC(=O)CSc1ccccc1C(=O)OC(C)(C)C. The van der Waals surface area contributed by atoms with Gasteiger partial charge in [0.05, 0.1) is 11.3 Å². The van der Waals surface area contributed by atoms with Crippen molar-refractivity contribution in [2.75, 3.05) is 5.75 Å². The lowest BCUT2D eigenvalue weighted by Crippen LogP contribution is -2.25. The summed E-state index contributed by atoms with van der Waals surface area (Å²) in [7, 11) is 0. The molecule has 0 bridgehead atoms. The second-order valence-electron chi connectivity index (χ2n) is 6.87. The topological polar surface area (TPSA) is 52.6 Å². The molecule has 0 heterocycles. The largest absolute Gasteiger partial charge is 0.459 e. The molecule has 0 aromatic heterocycles. The van der Waals surface area contributed by atoms with E-state index in [-0.39, 0.29) is 17.7 Å². The predicted octanol–water partition coefficient (Wildman–Crippen LogP) is 4.08. The Morgan fingerprint density at radius 1 is 0.955 bits per heavy atom. The molecule has 0 aliphatic carbocycles. The molecule has 5 heteroatoms. The lowest BCUT2D eigenvalue weighted by atomic mass is 10.1. The summed E-state index contributed by atoms with van der Waals surface area (Å²) in [6, 6.07) is 7.10. The van der Waals surface area contributed by atoms with Gasteiger partial charge in [0.1, 0.15) is 11.2 Å². The molecule has 0 saturated carbocycles. The zero-order valence-corrected chi connectivity index (χ0v) is 14.9. The molecule has 0 radical (unpaired) electrons. The Morgan fingerprint density at radius 3 is 2.05 bits per heavy atom. The number of benzene rings is 1. The quantitative estimate of drug-likeness (QED) is 0.617. The summed E-state index contributed by atoms with van der Waals surface area (Å²) < 4.78 is 10.6. The molecule has 4 nitrogen and oxygen atoms in total. The van der Waals surface area contributed by atoms with Gasteiger partial charge in [-0.1, -0.05) is 12.1 Å². The van der Waals surface area contributed by atoms with Crippen molar-refractivity contribution in [3.05, 3.63) is 29.8 Å². The van der Waals surface area contributed by atoms with Crippen molar-refractivity contribution in [1.29, 1.82) is 0 Å². The molecular formula is C17H24O4S. The van der Waals surface area contributed by atoms with Gasteiger partial charge >= 0.3 is 11.9 Å². The maximum Gasteiger partial charge on any atom is 0.339 e. The second kappa shape index (κ2) is 7.18. The van der Waals surface area contributed by atoms with Crippen molar-refractivity contribution >= 4 is 23.7 Å². The van der Waals surface area contributed by atoms with Gasteiger partial charge in [-0.05, 0) is 53.7 Å². The number of hydrogen-bond donors (Lipinski definition) is 0. The molecule has 22 heavy (non-hydrogen) atoms. The minimum atomic E-state index is -0.556. The third-order valence-corrected chi connectivity index (χ3v) is 3.32. The Balaban J connectivity index is 2.76. The lowest BCUT2D eigenvalue weighted by molar-refractivity contribution is -0.151. The molecule has 0 aliphatic rings. The molecule has 1 rings (SSSR count). The molecule has 0 fully saturated rings. The number of ether oxygens (including phenoxy) is 2. The number of thioether (sulfide) groups is 1. The first-order valence-electron chi connectivity index (χ1n) is 7.15. The van der Waals surface area contributed by atoms with Crippen LogP contribution in [-0.4, -0.2) is 28.9 Å². The van der Waals surface area contributed by atoms with Crippen LogP contribution in [0.2, 0.25) is 0 Å². The van der Waals surface area contributed by atoms with Crippen molar-refractivity contribution in [2.45, 2.75) is 57.6 Å². The van der Waals surface area contributed by atoms with Gasteiger partial charge in [0.25, 0.3) is 0 Å². The Bertz CT molecular complexity index is 538. The van der Waals surface area contributed by atoms with Crippen LogP contribution in [0.4, 0.5) is 0 Å². The van der Waals surface area contributed by atoms with E-state index in [1.165, 1.54) is 11.8 Å². The summed E-state index contributed by atoms with van der Waals surface area (Å²) in [5, 5.41) is 0. The first kappa shape index (κ1) is 18.6. The van der Waals surface area contributed by atoms with E-state index in [1.54, 1.807) is 18.2 Å². The molecule has 0 atom stereocenters. The standard InChI is InChI=1S/C17H24O4S/c1-16(2,3)20-14(18)11-22-13-10-8-7-9-12(13)15(19)21-17(4,5)6/h7-10H,11H2,1-6H3. The molecule has 1 aromatic rings. The Morgan fingerprint density at radius 2 is 1.50 bits per heavy atom. The van der Waals surface area contributed by atoms with Crippen LogP contribution >= 0.6 is 11.8 Å². The van der Waals surface area contributed by atoms with Crippen LogP contribution in [0, 0.1) is 0 Å². The van der Waals surface area contributed by atoms with E-state index >= 15 is 0 Å². The number of carbonyl (C=O) groups excluding carboxylic acids is 2. The van der Waals surface area contributed by atoms with Gasteiger partial charge in [0, 0.05) is 4.90 Å². The number of carbonyl (C=O) groups is 2. The Hall–Kier alpha value is -1.49. The van der Waals surface area contributed by atoms with Gasteiger partial charge in [-0.3, -0.25) is 4.79 Å². The maximum atomic E-state index is 12.2. The average Bonchev–Trinajstić information content (AvgIpc) is 2.32. The summed E-state index contributed by atoms with van der Waals surface area (Å²) >= 11 is 1.27. The van der Waals surface area contributed by atoms with Crippen molar-refractivity contribution in [1.82, 2.24) is 0 Å². The first-order chi connectivity index (χ1) is 9.98. The number of esters is 2. The van der Waals surface area contributed by atoms with E-state index in [2.05, 4.69) is 0 Å². The van der Waals surface area contributed by atoms with Crippen LogP contribution in [0.15, 0.2) is 29.2 Å². The molecule has 0 spiro atoms. The smallest absolute Gasteiger partial charge is 0.339 e. The van der Waals surface area contributed by atoms with Crippen LogP contribution in [-0.2, 0) is 14.3 Å². The highest BCUT2D eigenvalue weighted by atomic mass is 32.2. The average molecular weight is 324 g/mol. The van der Waals surface area contributed by atoms with Gasteiger partial charge < -0.3 is 9.47 Å². The van der Waals surface area contributed by atoms with Crippen LogP contribution in [0.25, 0.3) is 0 Å². The van der Waals surface area contributed by atoms with Crippen molar-refractivity contribution < 1.29 is 19.1 Å². The van der Waals surface area contributed by atoms with Crippen LogP contribution < -0.4 is 0 Å². The highest BCUT2D eigenvalue weighted by Gasteiger charge is 2.21. The van der Waals surface area contributed by atoms with E-state index in [1.807, 2.05) is 47.6 Å². The maximum absolute atomic E-state index is 12.2. The fourth-order valence-electron chi connectivity index (χ4n) is 1.60. The lowest BCUT2D eigenvalue weighted by Gasteiger charge is -2.21. The van der Waals surface area contributed by atoms with E-state index in [0.717, 1.165) is 0 Å². The number of hydrogen-bond acceptors (Lipinski definition) is 5. The third-order valence-electron chi connectivity index (χ3n) is 2.27. The van der Waals surface area contributed by atoms with Gasteiger partial charge in [-0.15, -0.1) is 11.8 Å². The first-order valence-corrected chi connectivity index (χ1v) is 8.13.